The Morgan fingerprint density at radius 2 is 1.57 bits per heavy atom. The normalized spacial score (nSPS) is 14.5. The van der Waals surface area contributed by atoms with Gasteiger partial charge in [-0.05, 0) is 68.7 Å². The highest BCUT2D eigenvalue weighted by atomic mass is 16.5. The van der Waals surface area contributed by atoms with E-state index < -0.39 is 0 Å². The molecule has 0 unspecified atom stereocenters. The first-order valence-electron chi connectivity index (χ1n) is 12.7. The van der Waals surface area contributed by atoms with E-state index in [2.05, 4.69) is 64.4 Å². The van der Waals surface area contributed by atoms with Crippen LogP contribution in [0, 0.1) is 0 Å². The monoisotopic (exact) mass is 471 g/mol. The summed E-state index contributed by atoms with van der Waals surface area (Å²) in [5.74, 6) is 0.936. The largest absolute Gasteiger partial charge is 0.497 e. The van der Waals surface area contributed by atoms with Crippen molar-refractivity contribution in [3.05, 3.63) is 90.0 Å². The molecule has 1 fully saturated rings. The van der Waals surface area contributed by atoms with E-state index in [0.29, 0.717) is 19.1 Å². The Hall–Kier alpha value is -3.31. The van der Waals surface area contributed by atoms with Crippen LogP contribution in [-0.4, -0.2) is 55.0 Å². The average Bonchev–Trinajstić information content (AvgIpc) is 2.91. The first-order valence-corrected chi connectivity index (χ1v) is 12.7. The van der Waals surface area contributed by atoms with E-state index in [1.54, 1.807) is 7.11 Å². The van der Waals surface area contributed by atoms with Crippen molar-refractivity contribution in [2.24, 2.45) is 0 Å². The van der Waals surface area contributed by atoms with Gasteiger partial charge in [0.1, 0.15) is 5.75 Å². The molecule has 0 aliphatic carbocycles. The SMILES string of the molecule is CCN(CC)C(=O)c1ccc(N(c2cccc(OC)c2)C2CCN(Cc3ccccc3)CC2)cc1. The molecule has 184 valence electrons. The van der Waals surface area contributed by atoms with Gasteiger partial charge in [-0.25, -0.2) is 0 Å². The maximum absolute atomic E-state index is 12.8. The number of hydrogen-bond donors (Lipinski definition) is 0. The maximum Gasteiger partial charge on any atom is 0.253 e. The lowest BCUT2D eigenvalue weighted by molar-refractivity contribution is 0.0773. The number of carbonyl (C=O) groups is 1. The number of rotatable bonds is 9. The number of ether oxygens (including phenoxy) is 1. The minimum Gasteiger partial charge on any atom is -0.497 e. The van der Waals surface area contributed by atoms with Crippen molar-refractivity contribution in [2.75, 3.05) is 38.2 Å². The second-order valence-electron chi connectivity index (χ2n) is 9.09. The lowest BCUT2D eigenvalue weighted by atomic mass is 10.00. The highest BCUT2D eigenvalue weighted by Crippen LogP contribution is 2.34. The highest BCUT2D eigenvalue weighted by Gasteiger charge is 2.27. The number of piperidine rings is 1. The van der Waals surface area contributed by atoms with Crippen molar-refractivity contribution in [3.8, 4) is 5.75 Å². The Morgan fingerprint density at radius 1 is 0.886 bits per heavy atom. The van der Waals surface area contributed by atoms with Crippen LogP contribution in [-0.2, 0) is 6.54 Å². The van der Waals surface area contributed by atoms with E-state index in [1.165, 1.54) is 5.56 Å². The summed E-state index contributed by atoms with van der Waals surface area (Å²) in [6, 6.07) is 27.5. The molecule has 0 saturated carbocycles. The Kier molecular flexibility index (Phi) is 8.43. The molecule has 0 atom stereocenters. The van der Waals surface area contributed by atoms with Crippen LogP contribution in [0.5, 0.6) is 5.75 Å². The molecular formula is C30H37N3O2. The van der Waals surface area contributed by atoms with Crippen LogP contribution in [0.25, 0.3) is 0 Å². The molecule has 0 aromatic heterocycles. The third kappa shape index (κ3) is 6.04. The van der Waals surface area contributed by atoms with Gasteiger partial charge in [0.25, 0.3) is 5.91 Å². The molecule has 1 aliphatic rings. The molecule has 1 heterocycles. The number of anilines is 2. The minimum atomic E-state index is 0.0868. The lowest BCUT2D eigenvalue weighted by Gasteiger charge is -2.40. The molecule has 0 N–H and O–H groups in total. The molecule has 3 aromatic carbocycles. The summed E-state index contributed by atoms with van der Waals surface area (Å²) in [5, 5.41) is 0. The summed E-state index contributed by atoms with van der Waals surface area (Å²) in [7, 11) is 1.71. The summed E-state index contributed by atoms with van der Waals surface area (Å²) in [6.45, 7) is 8.57. The molecule has 1 aliphatic heterocycles. The molecule has 5 heteroatoms. The van der Waals surface area contributed by atoms with Crippen molar-refractivity contribution in [3.63, 3.8) is 0 Å². The van der Waals surface area contributed by atoms with E-state index in [1.807, 2.05) is 43.0 Å². The van der Waals surface area contributed by atoms with Crippen molar-refractivity contribution in [1.82, 2.24) is 9.80 Å². The topological polar surface area (TPSA) is 36.0 Å². The first kappa shape index (κ1) is 24.8. The third-order valence-electron chi connectivity index (χ3n) is 6.95. The van der Waals surface area contributed by atoms with E-state index in [4.69, 9.17) is 4.74 Å². The molecule has 4 rings (SSSR count). The molecule has 1 amide bonds. The summed E-state index contributed by atoms with van der Waals surface area (Å²) >= 11 is 0. The van der Waals surface area contributed by atoms with Crippen LogP contribution >= 0.6 is 0 Å². The summed E-state index contributed by atoms with van der Waals surface area (Å²) in [4.78, 5) is 19.6. The van der Waals surface area contributed by atoms with Gasteiger partial charge < -0.3 is 14.5 Å². The van der Waals surface area contributed by atoms with Crippen LogP contribution in [0.3, 0.4) is 0 Å². The predicted octanol–water partition coefficient (Wildman–Crippen LogP) is 5.98. The van der Waals surface area contributed by atoms with Crippen molar-refractivity contribution >= 4 is 17.3 Å². The smallest absolute Gasteiger partial charge is 0.253 e. The zero-order chi connectivity index (χ0) is 24.6. The second kappa shape index (κ2) is 11.9. The summed E-state index contributed by atoms with van der Waals surface area (Å²) < 4.78 is 5.53. The van der Waals surface area contributed by atoms with Gasteiger partial charge in [-0.3, -0.25) is 9.69 Å². The van der Waals surface area contributed by atoms with Crippen LogP contribution < -0.4 is 9.64 Å². The van der Waals surface area contributed by atoms with Crippen LogP contribution in [0.2, 0.25) is 0 Å². The number of likely N-dealkylation sites (tertiary alicyclic amines) is 1. The molecule has 0 bridgehead atoms. The molecule has 0 spiro atoms. The van der Waals surface area contributed by atoms with Crippen molar-refractivity contribution in [1.29, 1.82) is 0 Å². The van der Waals surface area contributed by atoms with Gasteiger partial charge in [-0.2, -0.15) is 0 Å². The van der Waals surface area contributed by atoms with Crippen molar-refractivity contribution < 1.29 is 9.53 Å². The maximum atomic E-state index is 12.8. The van der Waals surface area contributed by atoms with Crippen LogP contribution in [0.1, 0.15) is 42.6 Å². The van der Waals surface area contributed by atoms with E-state index in [0.717, 1.165) is 55.2 Å². The minimum absolute atomic E-state index is 0.0868. The van der Waals surface area contributed by atoms with Gasteiger partial charge in [-0.15, -0.1) is 0 Å². The Balaban J connectivity index is 1.55. The zero-order valence-corrected chi connectivity index (χ0v) is 21.2. The van der Waals surface area contributed by atoms with Gasteiger partial charge in [0.05, 0.1) is 7.11 Å². The quantitative estimate of drug-likeness (QED) is 0.385. The van der Waals surface area contributed by atoms with E-state index in [9.17, 15) is 4.79 Å². The van der Waals surface area contributed by atoms with Crippen LogP contribution in [0.4, 0.5) is 11.4 Å². The first-order chi connectivity index (χ1) is 17.1. The fraction of sp³-hybridized carbons (Fsp3) is 0.367. The number of carbonyl (C=O) groups excluding carboxylic acids is 1. The fourth-order valence-corrected chi connectivity index (χ4v) is 4.97. The molecule has 5 nitrogen and oxygen atoms in total. The summed E-state index contributed by atoms with van der Waals surface area (Å²) in [5.41, 5.74) is 4.33. The highest BCUT2D eigenvalue weighted by molar-refractivity contribution is 5.94. The fourth-order valence-electron chi connectivity index (χ4n) is 4.97. The summed E-state index contributed by atoms with van der Waals surface area (Å²) in [6.07, 6.45) is 2.15. The zero-order valence-electron chi connectivity index (χ0n) is 21.2. The van der Waals surface area contributed by atoms with E-state index in [-0.39, 0.29) is 5.91 Å². The molecule has 3 aromatic rings. The van der Waals surface area contributed by atoms with Gasteiger partial charge in [0, 0.05) is 61.8 Å². The van der Waals surface area contributed by atoms with Gasteiger partial charge >= 0.3 is 0 Å². The molecule has 1 saturated heterocycles. The third-order valence-corrected chi connectivity index (χ3v) is 6.95. The Labute approximate surface area is 209 Å². The Bertz CT molecular complexity index is 1070. The molecule has 0 radical (unpaired) electrons. The van der Waals surface area contributed by atoms with Gasteiger partial charge in [-0.1, -0.05) is 36.4 Å². The number of amides is 1. The predicted molar refractivity (Wildman–Crippen MR) is 144 cm³/mol. The van der Waals surface area contributed by atoms with Gasteiger partial charge in [0.15, 0.2) is 0 Å². The number of methoxy groups -OCH3 is 1. The average molecular weight is 472 g/mol. The Morgan fingerprint density at radius 3 is 2.20 bits per heavy atom. The van der Waals surface area contributed by atoms with Crippen molar-refractivity contribution in [2.45, 2.75) is 39.3 Å². The number of benzene rings is 3. The second-order valence-corrected chi connectivity index (χ2v) is 9.09. The number of hydrogen-bond acceptors (Lipinski definition) is 4. The van der Waals surface area contributed by atoms with E-state index >= 15 is 0 Å². The molecular weight excluding hydrogens is 434 g/mol. The van der Waals surface area contributed by atoms with Crippen LogP contribution in [0.15, 0.2) is 78.9 Å². The van der Waals surface area contributed by atoms with Gasteiger partial charge in [0.2, 0.25) is 0 Å². The lowest BCUT2D eigenvalue weighted by Crippen LogP contribution is -2.43. The molecule has 35 heavy (non-hydrogen) atoms. The standard InChI is InChI=1S/C30H37N3O2/c1-4-32(5-2)30(34)25-14-16-26(17-15-25)33(28-12-9-13-29(22-28)35-3)27-18-20-31(21-19-27)23-24-10-7-6-8-11-24/h6-17,22,27H,4-5,18-21,23H2,1-3H3. The number of nitrogens with zero attached hydrogens (tertiary/aromatic N) is 3.